The molecular formula is C44H50F4N12O4. The van der Waals surface area contributed by atoms with E-state index in [4.69, 9.17) is 10.5 Å². The minimum absolute atomic E-state index is 0.0234. The van der Waals surface area contributed by atoms with Gasteiger partial charge >= 0.3 is 6.09 Å². The molecule has 16 nitrogen and oxygen atoms in total. The highest BCUT2D eigenvalue weighted by molar-refractivity contribution is 5.98. The standard InChI is InChI=1S/C22H23F2N5O3.C20H21F2N7O.C2H6/c1-14(2)32-21(31)27-17-10-18(13-25-12-17)29-6-3-15-9-16(11-26-19(15)29)20(30)28-7-4-22(23,24)5-8-28;1-24-19(23)27-16-3-2-15(12-25-16)29-7-4-13-10-14(11-26-17(13)29)18(30)28-8-5-20(21,22)6-9-28;1-2/h3,6,9-14H,4-5,7-8H2,1-2H3,(H,27,31);2-4,7,10-12H,5-6,8-9H2,1H3,(H3,23,24,25,27);1-2H3. The topological polar surface area (TPSA) is 191 Å². The lowest BCUT2D eigenvalue weighted by Gasteiger charge is -2.31. The Bertz CT molecular complexity index is 2610. The van der Waals surface area contributed by atoms with Crippen molar-refractivity contribution in [3.8, 4) is 11.4 Å². The molecule has 0 radical (unpaired) electrons. The van der Waals surface area contributed by atoms with Crippen LogP contribution in [0.2, 0.25) is 0 Å². The first kappa shape index (κ1) is 46.4. The van der Waals surface area contributed by atoms with E-state index < -0.39 is 17.9 Å². The van der Waals surface area contributed by atoms with Crippen LogP contribution in [0, 0.1) is 0 Å². The highest BCUT2D eigenvalue weighted by Crippen LogP contribution is 2.30. The van der Waals surface area contributed by atoms with E-state index in [-0.39, 0.29) is 75.7 Å². The molecule has 4 N–H and O–H groups in total. The molecule has 0 saturated carbocycles. The predicted octanol–water partition coefficient (Wildman–Crippen LogP) is 7.92. The molecule has 0 bridgehead atoms. The van der Waals surface area contributed by atoms with E-state index in [9.17, 15) is 31.9 Å². The number of carbonyl (C=O) groups excluding carboxylic acids is 3. The molecule has 8 rings (SSSR count). The van der Waals surface area contributed by atoms with Crippen molar-refractivity contribution in [1.82, 2.24) is 38.9 Å². The average Bonchev–Trinajstić information content (AvgIpc) is 3.91. The molecule has 0 spiro atoms. The van der Waals surface area contributed by atoms with Crippen LogP contribution in [0.15, 0.2) is 90.8 Å². The Morgan fingerprint density at radius 2 is 1.22 bits per heavy atom. The summed E-state index contributed by atoms with van der Waals surface area (Å²) in [4.78, 5) is 61.3. The van der Waals surface area contributed by atoms with Crippen molar-refractivity contribution in [3.63, 3.8) is 0 Å². The summed E-state index contributed by atoms with van der Waals surface area (Å²) < 4.78 is 62.2. The first-order valence-electron chi connectivity index (χ1n) is 20.8. The number of nitrogens with two attached hydrogens (primary N) is 1. The van der Waals surface area contributed by atoms with E-state index in [1.807, 2.05) is 36.7 Å². The van der Waals surface area contributed by atoms with E-state index in [2.05, 4.69) is 35.6 Å². The minimum atomic E-state index is -2.71. The van der Waals surface area contributed by atoms with E-state index >= 15 is 0 Å². The van der Waals surface area contributed by atoms with Crippen LogP contribution < -0.4 is 16.4 Å². The summed E-state index contributed by atoms with van der Waals surface area (Å²) in [6.07, 6.45) is 9.24. The molecule has 3 amide bonds. The van der Waals surface area contributed by atoms with Gasteiger partial charge < -0.3 is 25.6 Å². The lowest BCUT2D eigenvalue weighted by atomic mass is 10.1. The predicted molar refractivity (Wildman–Crippen MR) is 236 cm³/mol. The number of likely N-dealkylation sites (tertiary alicyclic amines) is 2. The molecule has 2 saturated heterocycles. The van der Waals surface area contributed by atoms with Gasteiger partial charge in [0, 0.05) is 94.5 Å². The normalized spacial score (nSPS) is 15.8. The summed E-state index contributed by atoms with van der Waals surface area (Å²) in [5.41, 5.74) is 9.53. The van der Waals surface area contributed by atoms with Gasteiger partial charge in [-0.1, -0.05) is 13.8 Å². The van der Waals surface area contributed by atoms with Gasteiger partial charge in [0.25, 0.3) is 23.7 Å². The van der Waals surface area contributed by atoms with Gasteiger partial charge in [0.1, 0.15) is 17.1 Å². The number of piperidine rings is 2. The van der Waals surface area contributed by atoms with Crippen molar-refractivity contribution in [2.24, 2.45) is 10.7 Å². The van der Waals surface area contributed by atoms with Crippen molar-refractivity contribution in [2.45, 2.75) is 71.3 Å². The summed E-state index contributed by atoms with van der Waals surface area (Å²) in [6.45, 7) is 7.65. The fourth-order valence-electron chi connectivity index (χ4n) is 6.92. The van der Waals surface area contributed by atoms with Gasteiger partial charge in [0.15, 0.2) is 5.96 Å². The first-order chi connectivity index (χ1) is 30.6. The smallest absolute Gasteiger partial charge is 0.411 e. The number of aliphatic imine (C=N–C) groups is 1. The number of halogens is 4. The Kier molecular flexibility index (Phi) is 14.4. The van der Waals surface area contributed by atoms with E-state index in [1.54, 1.807) is 74.4 Å². The number of pyridine rings is 4. The zero-order chi connectivity index (χ0) is 46.2. The first-order valence-corrected chi connectivity index (χ1v) is 20.8. The van der Waals surface area contributed by atoms with E-state index in [1.165, 1.54) is 28.4 Å². The molecule has 8 heterocycles. The number of carbonyl (C=O) groups is 3. The lowest BCUT2D eigenvalue weighted by molar-refractivity contribution is -0.0503. The number of anilines is 2. The van der Waals surface area contributed by atoms with Gasteiger partial charge in [-0.3, -0.25) is 34.0 Å². The van der Waals surface area contributed by atoms with Gasteiger partial charge in [-0.25, -0.2) is 37.3 Å². The lowest BCUT2D eigenvalue weighted by Crippen LogP contribution is -2.42. The van der Waals surface area contributed by atoms with Crippen LogP contribution in [-0.4, -0.2) is 114 Å². The van der Waals surface area contributed by atoms with Crippen molar-refractivity contribution < 1.29 is 36.7 Å². The van der Waals surface area contributed by atoms with Crippen LogP contribution in [-0.2, 0) is 4.74 Å². The maximum atomic E-state index is 13.4. The summed E-state index contributed by atoms with van der Waals surface area (Å²) in [7, 11) is 1.58. The molecule has 64 heavy (non-hydrogen) atoms. The highest BCUT2D eigenvalue weighted by atomic mass is 19.3. The Labute approximate surface area is 366 Å². The van der Waals surface area contributed by atoms with Gasteiger partial charge in [-0.05, 0) is 56.3 Å². The molecule has 20 heteroatoms. The number of hydrogen-bond acceptors (Lipinski definition) is 9. The molecule has 6 aromatic heterocycles. The monoisotopic (exact) mass is 886 g/mol. The Balaban J connectivity index is 0.000000205. The molecule has 0 aliphatic carbocycles. The second-order valence-corrected chi connectivity index (χ2v) is 15.1. The number of ether oxygens (including phenoxy) is 1. The maximum absolute atomic E-state index is 13.4. The van der Waals surface area contributed by atoms with Crippen LogP contribution in [0.1, 0.15) is 74.1 Å². The molecule has 0 atom stereocenters. The average molecular weight is 887 g/mol. The van der Waals surface area contributed by atoms with Crippen LogP contribution >= 0.6 is 0 Å². The van der Waals surface area contributed by atoms with E-state index in [0.29, 0.717) is 39.6 Å². The van der Waals surface area contributed by atoms with Crippen LogP contribution in [0.5, 0.6) is 0 Å². The SMILES string of the molecule is CC.CC(C)OC(=O)Nc1cncc(-n2ccc3cc(C(=O)N4CCC(F)(F)CC4)cnc32)c1.CN=C(N)Nc1ccc(-n2ccc3cc(C(=O)N4CCC(F)(F)CC4)cnc32)cn1. The van der Waals surface area contributed by atoms with Crippen LogP contribution in [0.4, 0.5) is 33.9 Å². The molecule has 2 aliphatic heterocycles. The Morgan fingerprint density at radius 1 is 0.703 bits per heavy atom. The number of nitrogens with zero attached hydrogens (tertiary/aromatic N) is 9. The fraction of sp³-hybridized carbons (Fsp3) is 0.364. The van der Waals surface area contributed by atoms with Gasteiger partial charge in [0.05, 0.1) is 52.9 Å². The van der Waals surface area contributed by atoms with Crippen molar-refractivity contribution in [1.29, 1.82) is 0 Å². The molecule has 2 fully saturated rings. The van der Waals surface area contributed by atoms with E-state index in [0.717, 1.165) is 16.5 Å². The van der Waals surface area contributed by atoms with Crippen molar-refractivity contribution in [2.75, 3.05) is 43.9 Å². The number of rotatable bonds is 7. The Hall–Kier alpha value is -7.12. The summed E-state index contributed by atoms with van der Waals surface area (Å²) in [5, 5.41) is 6.98. The minimum Gasteiger partial charge on any atom is -0.447 e. The molecule has 0 aromatic carbocycles. The largest absolute Gasteiger partial charge is 0.447 e. The number of guanidine groups is 1. The molecular weight excluding hydrogens is 837 g/mol. The third kappa shape index (κ3) is 11.3. The van der Waals surface area contributed by atoms with Gasteiger partial charge in [0.2, 0.25) is 0 Å². The summed E-state index contributed by atoms with van der Waals surface area (Å²) >= 11 is 0. The number of fused-ring (bicyclic) bond motifs is 2. The fourth-order valence-corrected chi connectivity index (χ4v) is 6.92. The third-order valence-electron chi connectivity index (χ3n) is 10.2. The second kappa shape index (κ2) is 19.9. The number of aromatic nitrogens is 6. The highest BCUT2D eigenvalue weighted by Gasteiger charge is 2.37. The number of alkyl halides is 4. The number of hydrogen-bond donors (Lipinski definition) is 3. The molecule has 2 aliphatic rings. The molecule has 0 unspecified atom stereocenters. The maximum Gasteiger partial charge on any atom is 0.411 e. The van der Waals surface area contributed by atoms with Gasteiger partial charge in [-0.15, -0.1) is 0 Å². The Morgan fingerprint density at radius 3 is 1.69 bits per heavy atom. The second-order valence-electron chi connectivity index (χ2n) is 15.1. The summed E-state index contributed by atoms with van der Waals surface area (Å²) in [5.74, 6) is -5.16. The van der Waals surface area contributed by atoms with Gasteiger partial charge in [-0.2, -0.15) is 0 Å². The zero-order valence-electron chi connectivity index (χ0n) is 36.1. The number of nitrogens with one attached hydrogen (secondary N) is 2. The third-order valence-corrected chi connectivity index (χ3v) is 10.2. The zero-order valence-corrected chi connectivity index (χ0v) is 36.1. The van der Waals surface area contributed by atoms with Crippen molar-refractivity contribution >= 4 is 57.4 Å². The number of amides is 3. The molecule has 6 aromatic rings. The van der Waals surface area contributed by atoms with Crippen molar-refractivity contribution in [3.05, 3.63) is 97.0 Å². The summed E-state index contributed by atoms with van der Waals surface area (Å²) in [6, 6.07) is 12.4. The molecule has 338 valence electrons. The quantitative estimate of drug-likeness (QED) is 0.0807. The van der Waals surface area contributed by atoms with Crippen LogP contribution in [0.3, 0.4) is 0 Å². The van der Waals surface area contributed by atoms with Crippen LogP contribution in [0.25, 0.3) is 33.4 Å².